The smallest absolute Gasteiger partial charge is 0.339 e. The van der Waals surface area contributed by atoms with E-state index >= 15 is 0 Å². The van der Waals surface area contributed by atoms with E-state index in [9.17, 15) is 4.79 Å². The van der Waals surface area contributed by atoms with E-state index in [0.29, 0.717) is 5.58 Å². The Morgan fingerprint density at radius 1 is 1.06 bits per heavy atom. The lowest BCUT2D eigenvalue weighted by Gasteiger charge is -2.03. The molecule has 0 saturated carbocycles. The zero-order valence-electron chi connectivity index (χ0n) is 9.16. The molecule has 3 heteroatoms. The van der Waals surface area contributed by atoms with E-state index < -0.39 is 0 Å². The molecule has 0 bridgehead atoms. The van der Waals surface area contributed by atoms with Crippen LogP contribution in [-0.2, 0) is 12.8 Å². The molecule has 0 aliphatic heterocycles. The molecule has 0 radical (unpaired) electrons. The first kappa shape index (κ1) is 9.05. The molecule has 0 spiro atoms. The van der Waals surface area contributed by atoms with Crippen LogP contribution < -0.4 is 5.63 Å². The lowest BCUT2D eigenvalue weighted by molar-refractivity contribution is 0.550. The van der Waals surface area contributed by atoms with Gasteiger partial charge in [0.15, 0.2) is 0 Å². The molecule has 2 heterocycles. The summed E-state index contributed by atoms with van der Waals surface area (Å²) in [6.07, 6.45) is 4.52. The maximum atomic E-state index is 11.8. The van der Waals surface area contributed by atoms with E-state index in [2.05, 4.69) is 6.07 Å². The van der Waals surface area contributed by atoms with Crippen molar-refractivity contribution in [3.63, 3.8) is 0 Å². The summed E-state index contributed by atoms with van der Waals surface area (Å²) in [4.78, 5) is 11.8. The van der Waals surface area contributed by atoms with Crippen LogP contribution in [0.5, 0.6) is 0 Å². The number of rotatable bonds is 0. The average Bonchev–Trinajstić information content (AvgIpc) is 2.95. The van der Waals surface area contributed by atoms with Gasteiger partial charge in [0.2, 0.25) is 0 Å². The summed E-state index contributed by atoms with van der Waals surface area (Å²) >= 11 is 0. The Morgan fingerprint density at radius 3 is 2.88 bits per heavy atom. The highest BCUT2D eigenvalue weighted by atomic mass is 16.4. The first-order chi connectivity index (χ1) is 8.33. The molecule has 0 N–H and O–H groups in total. The summed E-state index contributed by atoms with van der Waals surface area (Å²) in [6.45, 7) is 0. The first-order valence-electron chi connectivity index (χ1n) is 5.79. The Bertz CT molecular complexity index is 792. The van der Waals surface area contributed by atoms with Crippen LogP contribution in [0.3, 0.4) is 0 Å². The molecule has 0 amide bonds. The molecule has 0 atom stereocenters. The third-order valence-corrected chi connectivity index (χ3v) is 3.55. The molecule has 3 nitrogen and oxygen atoms in total. The van der Waals surface area contributed by atoms with Crippen molar-refractivity contribution in [2.75, 3.05) is 0 Å². The van der Waals surface area contributed by atoms with Gasteiger partial charge in [-0.05, 0) is 37.0 Å². The highest BCUT2D eigenvalue weighted by Gasteiger charge is 2.19. The topological polar surface area (TPSA) is 43.4 Å². The van der Waals surface area contributed by atoms with Gasteiger partial charge in [-0.3, -0.25) is 0 Å². The molecule has 1 aliphatic carbocycles. The zero-order valence-corrected chi connectivity index (χ0v) is 9.16. The van der Waals surface area contributed by atoms with Crippen molar-refractivity contribution in [2.24, 2.45) is 0 Å². The van der Waals surface area contributed by atoms with E-state index in [1.54, 1.807) is 6.26 Å². The molecule has 0 unspecified atom stereocenters. The van der Waals surface area contributed by atoms with Gasteiger partial charge in [0.05, 0.1) is 6.26 Å². The van der Waals surface area contributed by atoms with Crippen molar-refractivity contribution in [3.05, 3.63) is 46.0 Å². The van der Waals surface area contributed by atoms with Crippen LogP contribution in [0, 0.1) is 0 Å². The molecule has 2 aromatic heterocycles. The maximum absolute atomic E-state index is 11.8. The Morgan fingerprint density at radius 2 is 1.94 bits per heavy atom. The van der Waals surface area contributed by atoms with E-state index in [1.165, 1.54) is 5.56 Å². The molecule has 1 aliphatic rings. The summed E-state index contributed by atoms with van der Waals surface area (Å²) in [7, 11) is 0. The molecular formula is C14H10O3. The third-order valence-electron chi connectivity index (χ3n) is 3.55. The zero-order chi connectivity index (χ0) is 11.4. The number of furan rings is 1. The van der Waals surface area contributed by atoms with Crippen LogP contribution in [0.15, 0.2) is 38.1 Å². The Hall–Kier alpha value is -2.03. The van der Waals surface area contributed by atoms with Crippen LogP contribution in [0.2, 0.25) is 0 Å². The fourth-order valence-corrected chi connectivity index (χ4v) is 2.74. The van der Waals surface area contributed by atoms with Crippen molar-refractivity contribution in [1.29, 1.82) is 0 Å². The van der Waals surface area contributed by atoms with E-state index in [-0.39, 0.29) is 5.63 Å². The molecule has 1 aromatic carbocycles. The highest BCUT2D eigenvalue weighted by molar-refractivity contribution is 5.95. The van der Waals surface area contributed by atoms with Crippen molar-refractivity contribution in [2.45, 2.75) is 19.3 Å². The second-order valence-corrected chi connectivity index (χ2v) is 4.51. The van der Waals surface area contributed by atoms with Gasteiger partial charge in [-0.2, -0.15) is 0 Å². The van der Waals surface area contributed by atoms with Gasteiger partial charge in [-0.15, -0.1) is 0 Å². The minimum Gasteiger partial charge on any atom is -0.464 e. The molecule has 0 fully saturated rings. The van der Waals surface area contributed by atoms with Gasteiger partial charge in [0.25, 0.3) is 0 Å². The summed E-state index contributed by atoms with van der Waals surface area (Å²) in [5.74, 6) is 0. The Balaban J connectivity index is 2.25. The highest BCUT2D eigenvalue weighted by Crippen LogP contribution is 2.30. The van der Waals surface area contributed by atoms with E-state index in [1.807, 2.05) is 12.1 Å². The van der Waals surface area contributed by atoms with Crippen LogP contribution in [0.25, 0.3) is 21.9 Å². The minimum atomic E-state index is -0.184. The molecular weight excluding hydrogens is 216 g/mol. The van der Waals surface area contributed by atoms with E-state index in [0.717, 1.165) is 41.2 Å². The van der Waals surface area contributed by atoms with Gasteiger partial charge in [0, 0.05) is 22.4 Å². The van der Waals surface area contributed by atoms with Gasteiger partial charge in [-0.1, -0.05) is 0 Å². The summed E-state index contributed by atoms with van der Waals surface area (Å²) in [6, 6.07) is 5.80. The summed E-state index contributed by atoms with van der Waals surface area (Å²) in [5.41, 5.74) is 3.24. The van der Waals surface area contributed by atoms with Gasteiger partial charge >= 0.3 is 5.63 Å². The second-order valence-electron chi connectivity index (χ2n) is 4.51. The predicted octanol–water partition coefficient (Wildman–Crippen LogP) is 3.03. The number of hydrogen-bond donors (Lipinski definition) is 0. The second kappa shape index (κ2) is 3.00. The van der Waals surface area contributed by atoms with Crippen molar-refractivity contribution in [1.82, 2.24) is 0 Å². The van der Waals surface area contributed by atoms with Crippen molar-refractivity contribution in [3.8, 4) is 0 Å². The fraction of sp³-hybridized carbons (Fsp3) is 0.214. The molecule has 4 rings (SSSR count). The lowest BCUT2D eigenvalue weighted by atomic mass is 10.1. The van der Waals surface area contributed by atoms with Gasteiger partial charge < -0.3 is 8.83 Å². The average molecular weight is 226 g/mol. The maximum Gasteiger partial charge on any atom is 0.339 e. The Labute approximate surface area is 96.6 Å². The van der Waals surface area contributed by atoms with Crippen LogP contribution >= 0.6 is 0 Å². The van der Waals surface area contributed by atoms with Crippen LogP contribution in [0.1, 0.15) is 17.5 Å². The van der Waals surface area contributed by atoms with Crippen LogP contribution in [0.4, 0.5) is 0 Å². The van der Waals surface area contributed by atoms with Crippen molar-refractivity contribution >= 4 is 21.9 Å². The normalized spacial score (nSPS) is 14.6. The van der Waals surface area contributed by atoms with Gasteiger partial charge in [0.1, 0.15) is 11.2 Å². The molecule has 17 heavy (non-hydrogen) atoms. The summed E-state index contributed by atoms with van der Waals surface area (Å²) < 4.78 is 10.7. The number of benzene rings is 1. The number of hydrogen-bond acceptors (Lipinski definition) is 3. The molecule has 84 valence electrons. The minimum absolute atomic E-state index is 0.184. The van der Waals surface area contributed by atoms with Crippen LogP contribution in [-0.4, -0.2) is 0 Å². The third kappa shape index (κ3) is 1.14. The Kier molecular flexibility index (Phi) is 1.60. The predicted molar refractivity (Wildman–Crippen MR) is 64.3 cm³/mol. The van der Waals surface area contributed by atoms with Gasteiger partial charge in [-0.25, -0.2) is 4.79 Å². The molecule has 0 saturated heterocycles. The van der Waals surface area contributed by atoms with E-state index in [4.69, 9.17) is 8.83 Å². The largest absolute Gasteiger partial charge is 0.464 e. The number of aryl methyl sites for hydroxylation is 1. The standard InChI is InChI=1S/C14H10O3/c15-14-10-3-1-2-9(10)11-6-8-4-5-16-12(8)7-13(11)17-14/h4-7H,1-3H2. The van der Waals surface area contributed by atoms with Crippen molar-refractivity contribution < 1.29 is 8.83 Å². The fourth-order valence-electron chi connectivity index (χ4n) is 2.74. The lowest BCUT2D eigenvalue weighted by Crippen LogP contribution is -2.06. The monoisotopic (exact) mass is 226 g/mol. The first-order valence-corrected chi connectivity index (χ1v) is 5.79. The molecule has 3 aromatic rings. The quantitative estimate of drug-likeness (QED) is 0.553. The SMILES string of the molecule is O=c1oc2cc3occc3cc2c2c1CCC2. The number of fused-ring (bicyclic) bond motifs is 4. The summed E-state index contributed by atoms with van der Waals surface area (Å²) in [5, 5.41) is 2.12.